The molecule has 0 aliphatic carbocycles. The number of anilines is 1. The normalized spacial score (nSPS) is 19.3. The van der Waals surface area contributed by atoms with Crippen molar-refractivity contribution in [1.29, 1.82) is 0 Å². The van der Waals surface area contributed by atoms with Crippen molar-refractivity contribution in [3.8, 4) is 6.01 Å². The molecule has 2 aliphatic heterocycles. The summed E-state index contributed by atoms with van der Waals surface area (Å²) < 4.78 is 6.61. The van der Waals surface area contributed by atoms with Gasteiger partial charge in [0.2, 0.25) is 5.91 Å². The fraction of sp³-hybridized carbons (Fsp3) is 0.400. The van der Waals surface area contributed by atoms with Crippen LogP contribution in [0.15, 0.2) is 41.1 Å². The number of rotatable bonds is 5. The molecule has 0 saturated carbocycles. The van der Waals surface area contributed by atoms with E-state index >= 15 is 0 Å². The van der Waals surface area contributed by atoms with Gasteiger partial charge in [0.15, 0.2) is 0 Å². The second-order valence-corrected chi connectivity index (χ2v) is 8.59. The quantitative estimate of drug-likeness (QED) is 0.638. The molecule has 2 saturated heterocycles. The maximum Gasteiger partial charge on any atom is 0.325 e. The maximum atomic E-state index is 12.8. The maximum absolute atomic E-state index is 12.8. The Bertz CT molecular complexity index is 912. The molecule has 2 aromatic rings. The van der Waals surface area contributed by atoms with Crippen molar-refractivity contribution < 1.29 is 14.3 Å². The number of benzene rings is 1. The molecular weight excluding hydrogens is 474 g/mol. The SMILES string of the molecule is O=C(CN1CCN(c2ccc(Cl)cc2)C1=O)N1CCCC(Oc2ncc(Br)cn2)C1. The number of carbonyl (C=O) groups is 2. The summed E-state index contributed by atoms with van der Waals surface area (Å²) >= 11 is 9.22. The largest absolute Gasteiger partial charge is 0.458 e. The molecule has 1 aromatic carbocycles. The molecule has 0 bridgehead atoms. The molecule has 158 valence electrons. The topological polar surface area (TPSA) is 78.9 Å². The van der Waals surface area contributed by atoms with E-state index in [0.29, 0.717) is 37.2 Å². The molecule has 0 N–H and O–H groups in total. The average molecular weight is 495 g/mol. The molecule has 3 amide bonds. The number of piperidine rings is 1. The van der Waals surface area contributed by atoms with Gasteiger partial charge in [-0.1, -0.05) is 11.6 Å². The number of amides is 3. The molecule has 10 heteroatoms. The zero-order chi connectivity index (χ0) is 21.1. The number of likely N-dealkylation sites (tertiary alicyclic amines) is 1. The highest BCUT2D eigenvalue weighted by Crippen LogP contribution is 2.23. The van der Waals surface area contributed by atoms with Crippen molar-refractivity contribution in [3.05, 3.63) is 46.2 Å². The van der Waals surface area contributed by atoms with Crippen LogP contribution in [0.4, 0.5) is 10.5 Å². The number of halogens is 2. The summed E-state index contributed by atoms with van der Waals surface area (Å²) in [4.78, 5) is 38.8. The van der Waals surface area contributed by atoms with E-state index in [0.717, 1.165) is 23.0 Å². The Labute approximate surface area is 187 Å². The zero-order valence-corrected chi connectivity index (χ0v) is 18.5. The first kappa shape index (κ1) is 20.9. The number of carbonyl (C=O) groups excluding carboxylic acids is 2. The van der Waals surface area contributed by atoms with Crippen molar-refractivity contribution >= 4 is 45.2 Å². The van der Waals surface area contributed by atoms with Crippen molar-refractivity contribution in [2.24, 2.45) is 0 Å². The van der Waals surface area contributed by atoms with Gasteiger partial charge in [0.1, 0.15) is 12.6 Å². The van der Waals surface area contributed by atoms with E-state index in [1.165, 1.54) is 0 Å². The van der Waals surface area contributed by atoms with Gasteiger partial charge in [-0.3, -0.25) is 9.69 Å². The number of nitrogens with zero attached hydrogens (tertiary/aromatic N) is 5. The van der Waals surface area contributed by atoms with Gasteiger partial charge in [-0.25, -0.2) is 14.8 Å². The minimum absolute atomic E-state index is 0.0599. The third-order valence-electron chi connectivity index (χ3n) is 5.16. The minimum Gasteiger partial charge on any atom is -0.458 e. The first-order valence-electron chi connectivity index (χ1n) is 9.73. The summed E-state index contributed by atoms with van der Waals surface area (Å²) in [5.41, 5.74) is 0.778. The Balaban J connectivity index is 1.32. The molecule has 4 rings (SSSR count). The predicted molar refractivity (Wildman–Crippen MR) is 116 cm³/mol. The van der Waals surface area contributed by atoms with Crippen molar-refractivity contribution in [2.45, 2.75) is 18.9 Å². The van der Waals surface area contributed by atoms with Crippen molar-refractivity contribution in [2.75, 3.05) is 37.6 Å². The van der Waals surface area contributed by atoms with E-state index in [2.05, 4.69) is 25.9 Å². The van der Waals surface area contributed by atoms with Gasteiger partial charge in [-0.15, -0.1) is 0 Å². The number of hydrogen-bond donors (Lipinski definition) is 0. The lowest BCUT2D eigenvalue weighted by molar-refractivity contribution is -0.134. The number of aromatic nitrogens is 2. The summed E-state index contributed by atoms with van der Waals surface area (Å²) in [5, 5.41) is 0.618. The first-order valence-corrected chi connectivity index (χ1v) is 10.9. The highest BCUT2D eigenvalue weighted by molar-refractivity contribution is 9.10. The van der Waals surface area contributed by atoms with Crippen LogP contribution in [-0.2, 0) is 4.79 Å². The lowest BCUT2D eigenvalue weighted by Gasteiger charge is -2.33. The molecule has 1 aromatic heterocycles. The number of hydrogen-bond acceptors (Lipinski definition) is 5. The predicted octanol–water partition coefficient (Wildman–Crippen LogP) is 3.20. The van der Waals surface area contributed by atoms with E-state index in [-0.39, 0.29) is 24.6 Å². The van der Waals surface area contributed by atoms with Crippen LogP contribution in [0, 0.1) is 0 Å². The van der Waals surface area contributed by atoms with Crippen LogP contribution in [0.2, 0.25) is 5.02 Å². The van der Waals surface area contributed by atoms with Gasteiger partial charge in [0.25, 0.3) is 0 Å². The van der Waals surface area contributed by atoms with Crippen molar-refractivity contribution in [3.63, 3.8) is 0 Å². The fourth-order valence-electron chi connectivity index (χ4n) is 3.62. The molecule has 8 nitrogen and oxygen atoms in total. The van der Waals surface area contributed by atoms with E-state index in [4.69, 9.17) is 16.3 Å². The first-order chi connectivity index (χ1) is 14.5. The number of ether oxygens (including phenoxy) is 1. The summed E-state index contributed by atoms with van der Waals surface area (Å²) in [6, 6.07) is 7.25. The third kappa shape index (κ3) is 4.84. The second-order valence-electron chi connectivity index (χ2n) is 7.24. The standard InChI is InChI=1S/C20H21BrClN5O3/c21-14-10-23-19(24-11-14)30-17-2-1-7-25(12-17)18(28)13-26-8-9-27(20(26)29)16-5-3-15(22)4-6-16/h3-6,10-11,17H,1-2,7-9,12-13H2. The molecule has 2 fully saturated rings. The minimum atomic E-state index is -0.168. The molecule has 0 radical (unpaired) electrons. The lowest BCUT2D eigenvalue weighted by Crippen LogP contribution is -2.48. The molecule has 0 spiro atoms. The van der Waals surface area contributed by atoms with Crippen LogP contribution in [0.5, 0.6) is 6.01 Å². The van der Waals surface area contributed by atoms with Crippen LogP contribution in [-0.4, -0.2) is 70.5 Å². The van der Waals surface area contributed by atoms with Crippen LogP contribution in [0.1, 0.15) is 12.8 Å². The van der Waals surface area contributed by atoms with Crippen LogP contribution in [0.3, 0.4) is 0 Å². The summed E-state index contributed by atoms with van der Waals surface area (Å²) in [6.07, 6.45) is 4.75. The van der Waals surface area contributed by atoms with E-state index < -0.39 is 0 Å². The molecule has 1 atom stereocenters. The van der Waals surface area contributed by atoms with Gasteiger partial charge < -0.3 is 14.5 Å². The van der Waals surface area contributed by atoms with Gasteiger partial charge >= 0.3 is 12.0 Å². The molecule has 2 aliphatic rings. The van der Waals surface area contributed by atoms with E-state index in [1.807, 2.05) is 12.1 Å². The van der Waals surface area contributed by atoms with E-state index in [9.17, 15) is 9.59 Å². The Morgan fingerprint density at radius 1 is 1.17 bits per heavy atom. The summed E-state index contributed by atoms with van der Waals surface area (Å²) in [7, 11) is 0. The Kier molecular flexibility index (Phi) is 6.38. The van der Waals surface area contributed by atoms with Crippen molar-refractivity contribution in [1.82, 2.24) is 19.8 Å². The Morgan fingerprint density at radius 2 is 1.90 bits per heavy atom. The summed E-state index contributed by atoms with van der Waals surface area (Å²) in [6.45, 7) is 2.22. The van der Waals surface area contributed by atoms with Crippen LogP contribution >= 0.6 is 27.5 Å². The highest BCUT2D eigenvalue weighted by Gasteiger charge is 2.33. The monoisotopic (exact) mass is 493 g/mol. The third-order valence-corrected chi connectivity index (χ3v) is 5.82. The van der Waals surface area contributed by atoms with Crippen LogP contribution < -0.4 is 9.64 Å². The van der Waals surface area contributed by atoms with Gasteiger partial charge in [-0.05, 0) is 53.0 Å². The van der Waals surface area contributed by atoms with E-state index in [1.54, 1.807) is 39.2 Å². The van der Waals surface area contributed by atoms with Gasteiger partial charge in [0.05, 0.1) is 11.0 Å². The number of urea groups is 1. The molecule has 1 unspecified atom stereocenters. The molecule has 3 heterocycles. The molecule has 30 heavy (non-hydrogen) atoms. The smallest absolute Gasteiger partial charge is 0.325 e. The Morgan fingerprint density at radius 3 is 2.63 bits per heavy atom. The summed E-state index contributed by atoms with van der Waals surface area (Å²) in [5.74, 6) is -0.0775. The lowest BCUT2D eigenvalue weighted by atomic mass is 10.1. The fourth-order valence-corrected chi connectivity index (χ4v) is 3.96. The van der Waals surface area contributed by atoms with Gasteiger partial charge in [0, 0.05) is 42.7 Å². The average Bonchev–Trinajstić information content (AvgIpc) is 3.11. The second kappa shape index (κ2) is 9.18. The highest BCUT2D eigenvalue weighted by atomic mass is 79.9. The zero-order valence-electron chi connectivity index (χ0n) is 16.2. The van der Waals surface area contributed by atoms with Crippen LogP contribution in [0.25, 0.3) is 0 Å². The van der Waals surface area contributed by atoms with Gasteiger partial charge in [-0.2, -0.15) is 0 Å². The molecular formula is C20H21BrClN5O3. The Hall–Kier alpha value is -2.39.